The maximum atomic E-state index is 10.4. The van der Waals surface area contributed by atoms with Crippen LogP contribution in [0.4, 0.5) is 0 Å². The fraction of sp³-hybridized carbons (Fsp3) is 0.400. The molecule has 0 saturated carbocycles. The maximum absolute atomic E-state index is 10.4. The highest BCUT2D eigenvalue weighted by molar-refractivity contribution is 5.36. The molecule has 0 bridgehead atoms. The molecule has 2 aromatic carbocycles. The van der Waals surface area contributed by atoms with Gasteiger partial charge in [-0.15, -0.1) is 0 Å². The number of ether oxygens (including phenoxy) is 2. The number of aromatic hydroxyl groups is 1. The molecule has 0 spiro atoms. The molecular weight excluding hydrogens is 318 g/mol. The van der Waals surface area contributed by atoms with Crippen molar-refractivity contribution < 1.29 is 19.7 Å². The Hall–Kier alpha value is -2.08. The highest BCUT2D eigenvalue weighted by Crippen LogP contribution is 2.23. The SMILES string of the molecule is COCc1cc(C(O)CNC(C)Cc2ccc(OC)cc2)ccc1O. The predicted molar refractivity (Wildman–Crippen MR) is 97.9 cm³/mol. The van der Waals surface area contributed by atoms with Crippen LogP contribution >= 0.6 is 0 Å². The molecule has 2 aromatic rings. The number of phenols is 1. The summed E-state index contributed by atoms with van der Waals surface area (Å²) in [5.41, 5.74) is 2.64. The van der Waals surface area contributed by atoms with E-state index in [9.17, 15) is 10.2 Å². The molecule has 3 N–H and O–H groups in total. The van der Waals surface area contributed by atoms with Gasteiger partial charge in [0.15, 0.2) is 0 Å². The van der Waals surface area contributed by atoms with Crippen molar-refractivity contribution in [2.45, 2.75) is 32.1 Å². The highest BCUT2D eigenvalue weighted by atomic mass is 16.5. The summed E-state index contributed by atoms with van der Waals surface area (Å²) in [7, 11) is 3.23. The molecule has 0 fully saturated rings. The minimum absolute atomic E-state index is 0.179. The van der Waals surface area contributed by atoms with Crippen molar-refractivity contribution in [1.29, 1.82) is 0 Å². The number of phenolic OH excluding ortho intramolecular Hbond substituents is 1. The van der Waals surface area contributed by atoms with Gasteiger partial charge >= 0.3 is 0 Å². The number of hydrogen-bond donors (Lipinski definition) is 3. The third-order valence-electron chi connectivity index (χ3n) is 4.15. The average Bonchev–Trinajstić information content (AvgIpc) is 2.62. The van der Waals surface area contributed by atoms with Crippen molar-refractivity contribution in [3.05, 3.63) is 59.2 Å². The lowest BCUT2D eigenvalue weighted by Crippen LogP contribution is -2.32. The summed E-state index contributed by atoms with van der Waals surface area (Å²) < 4.78 is 10.2. The van der Waals surface area contributed by atoms with Crippen LogP contribution in [0.25, 0.3) is 0 Å². The van der Waals surface area contributed by atoms with Gasteiger partial charge in [-0.3, -0.25) is 0 Å². The zero-order valence-electron chi connectivity index (χ0n) is 15.0. The third-order valence-corrected chi connectivity index (χ3v) is 4.15. The van der Waals surface area contributed by atoms with E-state index in [4.69, 9.17) is 9.47 Å². The first kappa shape index (κ1) is 19.2. The van der Waals surface area contributed by atoms with Gasteiger partial charge in [-0.1, -0.05) is 18.2 Å². The second kappa shape index (κ2) is 9.42. The van der Waals surface area contributed by atoms with Gasteiger partial charge in [0.05, 0.1) is 19.8 Å². The van der Waals surface area contributed by atoms with E-state index >= 15 is 0 Å². The first-order valence-corrected chi connectivity index (χ1v) is 8.38. The minimum Gasteiger partial charge on any atom is -0.508 e. The van der Waals surface area contributed by atoms with E-state index in [0.29, 0.717) is 18.7 Å². The van der Waals surface area contributed by atoms with Gasteiger partial charge in [0.2, 0.25) is 0 Å². The number of aliphatic hydroxyl groups excluding tert-OH is 1. The zero-order valence-corrected chi connectivity index (χ0v) is 15.0. The van der Waals surface area contributed by atoms with E-state index in [2.05, 4.69) is 12.2 Å². The number of aliphatic hydroxyl groups is 1. The Balaban J connectivity index is 1.87. The highest BCUT2D eigenvalue weighted by Gasteiger charge is 2.12. The quantitative estimate of drug-likeness (QED) is 0.652. The monoisotopic (exact) mass is 345 g/mol. The maximum Gasteiger partial charge on any atom is 0.121 e. The third kappa shape index (κ3) is 5.74. The lowest BCUT2D eigenvalue weighted by Gasteiger charge is -2.18. The van der Waals surface area contributed by atoms with Crippen LogP contribution in [0.5, 0.6) is 11.5 Å². The molecule has 0 aliphatic carbocycles. The van der Waals surface area contributed by atoms with Gasteiger partial charge < -0.3 is 25.0 Å². The average molecular weight is 345 g/mol. The summed E-state index contributed by atoms with van der Waals surface area (Å²) in [4.78, 5) is 0. The molecule has 0 heterocycles. The second-order valence-corrected chi connectivity index (χ2v) is 6.20. The number of hydrogen-bond acceptors (Lipinski definition) is 5. The van der Waals surface area contributed by atoms with Gasteiger partial charge in [-0.2, -0.15) is 0 Å². The first-order chi connectivity index (χ1) is 12.0. The van der Waals surface area contributed by atoms with Crippen molar-refractivity contribution in [2.24, 2.45) is 0 Å². The summed E-state index contributed by atoms with van der Waals surface area (Å²) in [5, 5.41) is 23.5. The molecule has 2 unspecified atom stereocenters. The zero-order chi connectivity index (χ0) is 18.2. The van der Waals surface area contributed by atoms with Crippen LogP contribution in [0, 0.1) is 0 Å². The van der Waals surface area contributed by atoms with Crippen LogP contribution in [-0.2, 0) is 17.8 Å². The predicted octanol–water partition coefficient (Wildman–Crippen LogP) is 2.80. The molecule has 5 nitrogen and oxygen atoms in total. The van der Waals surface area contributed by atoms with Gasteiger partial charge in [0.1, 0.15) is 11.5 Å². The fourth-order valence-corrected chi connectivity index (χ4v) is 2.70. The molecule has 0 aliphatic heterocycles. The van der Waals surface area contributed by atoms with Crippen molar-refractivity contribution >= 4 is 0 Å². The number of benzene rings is 2. The van der Waals surface area contributed by atoms with Gasteiger partial charge in [0, 0.05) is 25.3 Å². The molecule has 0 aromatic heterocycles. The van der Waals surface area contributed by atoms with Crippen LogP contribution < -0.4 is 10.1 Å². The molecule has 0 aliphatic rings. The Morgan fingerprint density at radius 3 is 2.44 bits per heavy atom. The summed E-state index contributed by atoms with van der Waals surface area (Å²) >= 11 is 0. The van der Waals surface area contributed by atoms with Crippen LogP contribution in [0.1, 0.15) is 29.7 Å². The van der Waals surface area contributed by atoms with Crippen molar-refractivity contribution in [2.75, 3.05) is 20.8 Å². The van der Waals surface area contributed by atoms with Crippen molar-refractivity contribution in [1.82, 2.24) is 5.32 Å². The normalized spacial score (nSPS) is 13.4. The van der Waals surface area contributed by atoms with Crippen molar-refractivity contribution in [3.63, 3.8) is 0 Å². The lowest BCUT2D eigenvalue weighted by atomic mass is 10.0. The summed E-state index contributed by atoms with van der Waals surface area (Å²) in [6, 6.07) is 13.3. The van der Waals surface area contributed by atoms with E-state index < -0.39 is 6.10 Å². The summed E-state index contributed by atoms with van der Waals surface area (Å²) in [6.45, 7) is 2.84. The Labute approximate surface area is 149 Å². The molecule has 25 heavy (non-hydrogen) atoms. The van der Waals surface area contributed by atoms with Gasteiger partial charge in [-0.05, 0) is 48.7 Å². The summed E-state index contributed by atoms with van der Waals surface area (Å²) in [6.07, 6.45) is 0.218. The van der Waals surface area contributed by atoms with Crippen LogP contribution in [0.3, 0.4) is 0 Å². The van der Waals surface area contributed by atoms with Crippen molar-refractivity contribution in [3.8, 4) is 11.5 Å². The van der Waals surface area contributed by atoms with E-state index in [0.717, 1.165) is 17.7 Å². The molecule has 136 valence electrons. The summed E-state index contributed by atoms with van der Waals surface area (Å²) in [5.74, 6) is 1.03. The minimum atomic E-state index is -0.644. The Kier molecular flexibility index (Phi) is 7.25. The number of nitrogens with one attached hydrogen (secondary N) is 1. The van der Waals surface area contributed by atoms with E-state index in [1.54, 1.807) is 32.4 Å². The molecule has 0 amide bonds. The van der Waals surface area contributed by atoms with Crippen LogP contribution in [0.2, 0.25) is 0 Å². The molecule has 0 saturated heterocycles. The van der Waals surface area contributed by atoms with Gasteiger partial charge in [0.25, 0.3) is 0 Å². The molecule has 0 radical (unpaired) electrons. The first-order valence-electron chi connectivity index (χ1n) is 8.38. The molecular formula is C20H27NO4. The Morgan fingerprint density at radius 1 is 1.08 bits per heavy atom. The fourth-order valence-electron chi connectivity index (χ4n) is 2.70. The topological polar surface area (TPSA) is 71.0 Å². The van der Waals surface area contributed by atoms with E-state index in [-0.39, 0.29) is 11.8 Å². The van der Waals surface area contributed by atoms with E-state index in [1.165, 1.54) is 5.56 Å². The largest absolute Gasteiger partial charge is 0.508 e. The lowest BCUT2D eigenvalue weighted by molar-refractivity contribution is 0.168. The molecule has 2 atom stereocenters. The van der Waals surface area contributed by atoms with Gasteiger partial charge in [-0.25, -0.2) is 0 Å². The Morgan fingerprint density at radius 2 is 1.80 bits per heavy atom. The van der Waals surface area contributed by atoms with Crippen LogP contribution in [0.15, 0.2) is 42.5 Å². The Bertz CT molecular complexity index is 657. The standard InChI is InChI=1S/C20H27NO4/c1-14(10-15-4-7-18(25-3)8-5-15)21-12-20(23)16-6-9-19(22)17(11-16)13-24-2/h4-9,11,14,20-23H,10,12-13H2,1-3H3. The van der Waals surface area contributed by atoms with E-state index in [1.807, 2.05) is 24.3 Å². The van der Waals surface area contributed by atoms with Crippen LogP contribution in [-0.4, -0.2) is 37.0 Å². The second-order valence-electron chi connectivity index (χ2n) is 6.20. The number of rotatable bonds is 9. The molecule has 5 heteroatoms. The molecule has 2 rings (SSSR count). The number of methoxy groups -OCH3 is 2. The smallest absolute Gasteiger partial charge is 0.121 e.